The second-order valence-corrected chi connectivity index (χ2v) is 6.30. The van der Waals surface area contributed by atoms with Crippen LogP contribution in [0.25, 0.3) is 0 Å². The molecule has 1 atom stereocenters. The standard InChI is InChI=1S/C14H23N3O2S/c1-2-3-5-15-13(18)16-11-14(4-10-20-12-14)17-6-8-19-9-7-17/h1H,3-12H2,(H2,15,16,18)/t14-/m1/s1. The van der Waals surface area contributed by atoms with Gasteiger partial charge in [-0.1, -0.05) is 0 Å². The van der Waals surface area contributed by atoms with Gasteiger partial charge in [0.2, 0.25) is 0 Å². The molecule has 5 nitrogen and oxygen atoms in total. The summed E-state index contributed by atoms with van der Waals surface area (Å²) >= 11 is 1.97. The van der Waals surface area contributed by atoms with Crippen LogP contribution < -0.4 is 10.6 Å². The molecule has 0 saturated carbocycles. The van der Waals surface area contributed by atoms with Crippen molar-refractivity contribution in [2.24, 2.45) is 0 Å². The van der Waals surface area contributed by atoms with Crippen LogP contribution in [0.15, 0.2) is 0 Å². The predicted octanol–water partition coefficient (Wildman–Crippen LogP) is 0.517. The SMILES string of the molecule is C#CCCNC(=O)NC[C@]1(N2CCOCC2)CCSC1. The number of terminal acetylenes is 1. The van der Waals surface area contributed by atoms with E-state index < -0.39 is 0 Å². The third kappa shape index (κ3) is 4.05. The Bertz CT molecular complexity index is 358. The van der Waals surface area contributed by atoms with Crippen molar-refractivity contribution >= 4 is 17.8 Å². The average molecular weight is 297 g/mol. The first kappa shape index (κ1) is 15.5. The van der Waals surface area contributed by atoms with E-state index in [4.69, 9.17) is 11.2 Å². The molecule has 0 unspecified atom stereocenters. The van der Waals surface area contributed by atoms with Gasteiger partial charge in [-0.25, -0.2) is 4.79 Å². The lowest BCUT2D eigenvalue weighted by atomic mass is 9.95. The molecule has 2 amide bonds. The lowest BCUT2D eigenvalue weighted by molar-refractivity contribution is -0.0124. The average Bonchev–Trinajstić information content (AvgIpc) is 2.97. The number of amides is 2. The molecule has 2 aliphatic heterocycles. The normalized spacial score (nSPS) is 26.9. The maximum absolute atomic E-state index is 11.8. The summed E-state index contributed by atoms with van der Waals surface area (Å²) in [6.07, 6.45) is 6.86. The summed E-state index contributed by atoms with van der Waals surface area (Å²) in [6.45, 7) is 4.73. The van der Waals surface area contributed by atoms with E-state index in [0.717, 1.165) is 44.2 Å². The van der Waals surface area contributed by atoms with Crippen LogP contribution in [0.3, 0.4) is 0 Å². The smallest absolute Gasteiger partial charge is 0.314 e. The number of hydrogen-bond acceptors (Lipinski definition) is 4. The molecule has 0 radical (unpaired) electrons. The van der Waals surface area contributed by atoms with Crippen molar-refractivity contribution in [2.75, 3.05) is 50.9 Å². The van der Waals surface area contributed by atoms with Gasteiger partial charge in [-0.15, -0.1) is 12.3 Å². The molecule has 0 aromatic carbocycles. The quantitative estimate of drug-likeness (QED) is 0.574. The highest BCUT2D eigenvalue weighted by Crippen LogP contribution is 2.33. The number of carbonyl (C=O) groups is 1. The molecule has 0 bridgehead atoms. The molecule has 2 rings (SSSR count). The van der Waals surface area contributed by atoms with E-state index >= 15 is 0 Å². The number of urea groups is 1. The zero-order valence-corrected chi connectivity index (χ0v) is 12.6. The molecule has 20 heavy (non-hydrogen) atoms. The molecule has 112 valence electrons. The first-order valence-corrected chi connectivity index (χ1v) is 8.28. The molecule has 0 aromatic heterocycles. The van der Waals surface area contributed by atoms with E-state index in [0.29, 0.717) is 19.5 Å². The maximum atomic E-state index is 11.8. The van der Waals surface area contributed by atoms with Crippen LogP contribution in [-0.2, 0) is 4.74 Å². The Hall–Kier alpha value is -0.900. The topological polar surface area (TPSA) is 53.6 Å². The van der Waals surface area contributed by atoms with E-state index in [1.165, 1.54) is 0 Å². The molecule has 2 heterocycles. The van der Waals surface area contributed by atoms with Gasteiger partial charge in [-0.05, 0) is 12.2 Å². The van der Waals surface area contributed by atoms with E-state index in [1.807, 2.05) is 11.8 Å². The molecule has 0 aromatic rings. The van der Waals surface area contributed by atoms with Crippen molar-refractivity contribution in [2.45, 2.75) is 18.4 Å². The lowest BCUT2D eigenvalue weighted by Gasteiger charge is -2.43. The van der Waals surface area contributed by atoms with E-state index in [9.17, 15) is 4.79 Å². The number of nitrogens with zero attached hydrogens (tertiary/aromatic N) is 1. The van der Waals surface area contributed by atoms with Gasteiger partial charge >= 0.3 is 6.03 Å². The third-order valence-corrected chi connectivity index (χ3v) is 5.13. The second-order valence-electron chi connectivity index (χ2n) is 5.19. The Kier molecular flexibility index (Phi) is 6.02. The van der Waals surface area contributed by atoms with Crippen LogP contribution in [0.4, 0.5) is 4.79 Å². The summed E-state index contributed by atoms with van der Waals surface area (Å²) in [5.74, 6) is 4.76. The Labute approximate surface area is 125 Å². The van der Waals surface area contributed by atoms with Gasteiger partial charge < -0.3 is 15.4 Å². The Morgan fingerprint density at radius 3 is 2.85 bits per heavy atom. The van der Waals surface area contributed by atoms with Crippen molar-refractivity contribution in [1.82, 2.24) is 15.5 Å². The van der Waals surface area contributed by atoms with Gasteiger partial charge in [0.1, 0.15) is 0 Å². The molecule has 2 fully saturated rings. The minimum atomic E-state index is -0.121. The highest BCUT2D eigenvalue weighted by molar-refractivity contribution is 7.99. The molecule has 0 aliphatic carbocycles. The predicted molar refractivity (Wildman–Crippen MR) is 81.9 cm³/mol. The molecular weight excluding hydrogens is 274 g/mol. The molecule has 2 saturated heterocycles. The van der Waals surface area contributed by atoms with E-state index in [-0.39, 0.29) is 11.6 Å². The molecule has 2 N–H and O–H groups in total. The third-order valence-electron chi connectivity index (χ3n) is 3.90. The first-order chi connectivity index (χ1) is 9.77. The van der Waals surface area contributed by atoms with Gasteiger partial charge in [-0.3, -0.25) is 4.90 Å². The van der Waals surface area contributed by atoms with Crippen molar-refractivity contribution in [3.63, 3.8) is 0 Å². The van der Waals surface area contributed by atoms with Gasteiger partial charge in [0.15, 0.2) is 0 Å². The fourth-order valence-corrected chi connectivity index (χ4v) is 4.17. The number of thioether (sulfide) groups is 1. The van der Waals surface area contributed by atoms with Crippen LogP contribution in [0.2, 0.25) is 0 Å². The fourth-order valence-electron chi connectivity index (χ4n) is 2.69. The van der Waals surface area contributed by atoms with E-state index in [1.54, 1.807) is 0 Å². The van der Waals surface area contributed by atoms with E-state index in [2.05, 4.69) is 21.5 Å². The summed E-state index contributed by atoms with van der Waals surface area (Å²) in [7, 11) is 0. The summed E-state index contributed by atoms with van der Waals surface area (Å²) in [5.41, 5.74) is 0.0951. The molecule has 0 spiro atoms. The van der Waals surface area contributed by atoms with Crippen LogP contribution in [0, 0.1) is 12.3 Å². The van der Waals surface area contributed by atoms with Gasteiger partial charge in [0.25, 0.3) is 0 Å². The zero-order chi connectivity index (χ0) is 14.3. The minimum Gasteiger partial charge on any atom is -0.379 e. The largest absolute Gasteiger partial charge is 0.379 e. The summed E-state index contributed by atoms with van der Waals surface area (Å²) in [6, 6.07) is -0.121. The highest BCUT2D eigenvalue weighted by atomic mass is 32.2. The zero-order valence-electron chi connectivity index (χ0n) is 11.8. The highest BCUT2D eigenvalue weighted by Gasteiger charge is 2.40. The number of nitrogens with one attached hydrogen (secondary N) is 2. The molecule has 6 heteroatoms. The van der Waals surface area contributed by atoms with Crippen molar-refractivity contribution in [3.05, 3.63) is 0 Å². The molecular formula is C14H23N3O2S. The second kappa shape index (κ2) is 7.77. The summed E-state index contributed by atoms with van der Waals surface area (Å²) in [5, 5.41) is 5.79. The Morgan fingerprint density at radius 1 is 1.40 bits per heavy atom. The summed E-state index contributed by atoms with van der Waals surface area (Å²) < 4.78 is 5.43. The fraction of sp³-hybridized carbons (Fsp3) is 0.786. The van der Waals surface area contributed by atoms with Crippen LogP contribution in [0.1, 0.15) is 12.8 Å². The molecule has 2 aliphatic rings. The minimum absolute atomic E-state index is 0.0951. The Balaban J connectivity index is 1.83. The van der Waals surface area contributed by atoms with Crippen molar-refractivity contribution in [1.29, 1.82) is 0 Å². The lowest BCUT2D eigenvalue weighted by Crippen LogP contribution is -2.59. The van der Waals surface area contributed by atoms with Crippen LogP contribution >= 0.6 is 11.8 Å². The number of rotatable bonds is 5. The van der Waals surface area contributed by atoms with Gasteiger partial charge in [0.05, 0.1) is 13.2 Å². The maximum Gasteiger partial charge on any atom is 0.314 e. The van der Waals surface area contributed by atoms with Crippen LogP contribution in [0.5, 0.6) is 0 Å². The van der Waals surface area contributed by atoms with Gasteiger partial charge in [0, 0.05) is 43.9 Å². The van der Waals surface area contributed by atoms with Crippen molar-refractivity contribution in [3.8, 4) is 12.3 Å². The first-order valence-electron chi connectivity index (χ1n) is 7.12. The van der Waals surface area contributed by atoms with Crippen LogP contribution in [-0.4, -0.2) is 67.4 Å². The summed E-state index contributed by atoms with van der Waals surface area (Å²) in [4.78, 5) is 14.2. The number of ether oxygens (including phenoxy) is 1. The van der Waals surface area contributed by atoms with Gasteiger partial charge in [-0.2, -0.15) is 11.8 Å². The number of hydrogen-bond donors (Lipinski definition) is 2. The number of morpholine rings is 1. The Morgan fingerprint density at radius 2 is 2.20 bits per heavy atom. The number of carbonyl (C=O) groups excluding carboxylic acids is 1. The van der Waals surface area contributed by atoms with Crippen molar-refractivity contribution < 1.29 is 9.53 Å². The monoisotopic (exact) mass is 297 g/mol.